The van der Waals surface area contributed by atoms with Crippen molar-refractivity contribution in [1.29, 1.82) is 0 Å². The zero-order valence-electron chi connectivity index (χ0n) is 23.3. The molecular weight excluding hydrogens is 658 g/mol. The highest BCUT2D eigenvalue weighted by Crippen LogP contribution is 2.37. The number of nitrogens with zero attached hydrogens (tertiary/aromatic N) is 3. The number of esters is 1. The van der Waals surface area contributed by atoms with Crippen LogP contribution in [0.15, 0.2) is 86.2 Å². The molecule has 0 spiro atoms. The fraction of sp³-hybridized carbons (Fsp3) is 0.194. The molecule has 4 aromatic rings. The number of ether oxygens (including phenoxy) is 2. The van der Waals surface area contributed by atoms with Crippen LogP contribution >= 0.6 is 38.9 Å². The third kappa shape index (κ3) is 6.34. The number of carbonyl (C=O) groups excluding carboxylic acids is 1. The standard InChI is InChI=1S/C31H25BrClN3O6S/c1-4-41-30(38)26-18(3)34-31-35(27(26)21-9-5-17(2)6-10-21)29(37)25(43-31)15-20-13-23(32)28(24(14-20)36(39)40)42-16-19-7-11-22(33)12-8-19/h5-15,27H,4,16H2,1-3H3/b25-15-/t27-/m0/s1. The summed E-state index contributed by atoms with van der Waals surface area (Å²) in [5, 5.41) is 12.6. The number of halogens is 2. The summed E-state index contributed by atoms with van der Waals surface area (Å²) in [7, 11) is 0. The first kappa shape index (κ1) is 30.4. The molecule has 0 amide bonds. The van der Waals surface area contributed by atoms with E-state index in [-0.39, 0.29) is 35.8 Å². The molecule has 220 valence electrons. The summed E-state index contributed by atoms with van der Waals surface area (Å²) in [6.07, 6.45) is 1.57. The number of nitro benzene ring substituents is 1. The van der Waals surface area contributed by atoms with E-state index in [4.69, 9.17) is 21.1 Å². The molecule has 1 aliphatic rings. The lowest BCUT2D eigenvalue weighted by Gasteiger charge is -2.24. The fourth-order valence-electron chi connectivity index (χ4n) is 4.70. The summed E-state index contributed by atoms with van der Waals surface area (Å²) in [4.78, 5) is 43.4. The summed E-state index contributed by atoms with van der Waals surface area (Å²) in [6.45, 7) is 5.65. The molecule has 9 nitrogen and oxygen atoms in total. The highest BCUT2D eigenvalue weighted by molar-refractivity contribution is 9.10. The number of allylic oxidation sites excluding steroid dienone is 1. The number of aromatic nitrogens is 1. The Morgan fingerprint density at radius 3 is 2.51 bits per heavy atom. The Balaban J connectivity index is 1.59. The van der Waals surface area contributed by atoms with Gasteiger partial charge in [-0.3, -0.25) is 19.5 Å². The largest absolute Gasteiger partial charge is 0.481 e. The topological polar surface area (TPSA) is 113 Å². The van der Waals surface area contributed by atoms with E-state index in [9.17, 15) is 19.7 Å². The molecule has 43 heavy (non-hydrogen) atoms. The molecule has 12 heteroatoms. The molecule has 0 saturated heterocycles. The monoisotopic (exact) mass is 681 g/mol. The van der Waals surface area contributed by atoms with Gasteiger partial charge in [-0.1, -0.05) is 64.9 Å². The van der Waals surface area contributed by atoms with Crippen LogP contribution in [-0.2, 0) is 16.1 Å². The number of rotatable bonds is 8. The van der Waals surface area contributed by atoms with Gasteiger partial charge in [0.1, 0.15) is 6.61 Å². The molecule has 1 aromatic heterocycles. The molecule has 0 aliphatic carbocycles. The van der Waals surface area contributed by atoms with Crippen molar-refractivity contribution >= 4 is 56.6 Å². The van der Waals surface area contributed by atoms with Crippen molar-refractivity contribution in [1.82, 2.24) is 4.57 Å². The maximum absolute atomic E-state index is 13.9. The second-order valence-electron chi connectivity index (χ2n) is 9.74. The van der Waals surface area contributed by atoms with E-state index in [2.05, 4.69) is 20.9 Å². The number of aryl methyl sites for hydroxylation is 1. The van der Waals surface area contributed by atoms with Crippen LogP contribution in [-0.4, -0.2) is 22.1 Å². The van der Waals surface area contributed by atoms with E-state index < -0.39 is 16.9 Å². The van der Waals surface area contributed by atoms with E-state index in [0.717, 1.165) is 28.0 Å². The number of carbonyl (C=O) groups is 1. The summed E-state index contributed by atoms with van der Waals surface area (Å²) in [6, 6.07) is 16.8. The van der Waals surface area contributed by atoms with Gasteiger partial charge in [-0.05, 0) is 77.7 Å². The van der Waals surface area contributed by atoms with Crippen LogP contribution in [0.1, 0.15) is 42.1 Å². The van der Waals surface area contributed by atoms with E-state index in [0.29, 0.717) is 30.1 Å². The van der Waals surface area contributed by atoms with Crippen LogP contribution in [0.2, 0.25) is 5.02 Å². The Labute approximate surface area is 263 Å². The lowest BCUT2D eigenvalue weighted by molar-refractivity contribution is -0.386. The third-order valence-electron chi connectivity index (χ3n) is 6.75. The van der Waals surface area contributed by atoms with E-state index in [1.807, 2.05) is 31.2 Å². The van der Waals surface area contributed by atoms with Crippen molar-refractivity contribution in [2.45, 2.75) is 33.4 Å². The van der Waals surface area contributed by atoms with Crippen LogP contribution in [0.5, 0.6) is 5.75 Å². The van der Waals surface area contributed by atoms with Gasteiger partial charge in [-0.25, -0.2) is 9.79 Å². The lowest BCUT2D eigenvalue weighted by atomic mass is 9.95. The predicted molar refractivity (Wildman–Crippen MR) is 168 cm³/mol. The van der Waals surface area contributed by atoms with Crippen molar-refractivity contribution in [2.24, 2.45) is 4.99 Å². The van der Waals surface area contributed by atoms with Crippen molar-refractivity contribution in [3.05, 3.63) is 133 Å². The summed E-state index contributed by atoms with van der Waals surface area (Å²) >= 11 is 10.5. The average molecular weight is 683 g/mol. The molecule has 2 heterocycles. The maximum atomic E-state index is 13.9. The molecule has 0 N–H and O–H groups in total. The Kier molecular flexibility index (Phi) is 8.95. The first-order valence-electron chi connectivity index (χ1n) is 13.2. The quantitative estimate of drug-likeness (QED) is 0.128. The number of thiazole rings is 1. The van der Waals surface area contributed by atoms with Crippen molar-refractivity contribution < 1.29 is 19.2 Å². The van der Waals surface area contributed by atoms with Gasteiger partial charge in [-0.15, -0.1) is 0 Å². The third-order valence-corrected chi connectivity index (χ3v) is 8.57. The molecule has 0 saturated carbocycles. The first-order chi connectivity index (χ1) is 20.6. The molecule has 3 aromatic carbocycles. The van der Waals surface area contributed by atoms with Crippen molar-refractivity contribution in [3.63, 3.8) is 0 Å². The second kappa shape index (κ2) is 12.7. The Hall–Kier alpha value is -4.06. The molecular formula is C31H25BrClN3O6S. The summed E-state index contributed by atoms with van der Waals surface area (Å²) in [5.41, 5.74) is 3.05. The van der Waals surface area contributed by atoms with Crippen LogP contribution < -0.4 is 19.6 Å². The number of nitro groups is 1. The summed E-state index contributed by atoms with van der Waals surface area (Å²) in [5.74, 6) is -0.481. The maximum Gasteiger partial charge on any atom is 0.338 e. The summed E-state index contributed by atoms with van der Waals surface area (Å²) < 4.78 is 13.3. The number of hydrogen-bond donors (Lipinski definition) is 0. The van der Waals surface area contributed by atoms with E-state index in [1.165, 1.54) is 10.6 Å². The van der Waals surface area contributed by atoms with Crippen LogP contribution in [0.4, 0.5) is 5.69 Å². The molecule has 1 aliphatic heterocycles. The van der Waals surface area contributed by atoms with Gasteiger partial charge in [0.2, 0.25) is 5.75 Å². The molecule has 0 unspecified atom stereocenters. The Bertz CT molecular complexity index is 1950. The Morgan fingerprint density at radius 1 is 1.16 bits per heavy atom. The van der Waals surface area contributed by atoms with Gasteiger partial charge in [0, 0.05) is 11.1 Å². The van der Waals surface area contributed by atoms with Crippen molar-refractivity contribution in [2.75, 3.05) is 6.61 Å². The normalized spacial score (nSPS) is 14.7. The van der Waals surface area contributed by atoms with Crippen molar-refractivity contribution in [3.8, 4) is 5.75 Å². The number of hydrogen-bond acceptors (Lipinski definition) is 8. The van der Waals surface area contributed by atoms with Gasteiger partial charge in [0.25, 0.3) is 5.56 Å². The van der Waals surface area contributed by atoms with Gasteiger partial charge in [0.15, 0.2) is 4.80 Å². The van der Waals surface area contributed by atoms with Gasteiger partial charge < -0.3 is 9.47 Å². The van der Waals surface area contributed by atoms with Crippen LogP contribution in [0.25, 0.3) is 6.08 Å². The second-order valence-corrected chi connectivity index (χ2v) is 12.0. The zero-order chi connectivity index (χ0) is 30.8. The minimum absolute atomic E-state index is 0.0626. The highest BCUT2D eigenvalue weighted by atomic mass is 79.9. The van der Waals surface area contributed by atoms with Crippen LogP contribution in [0, 0.1) is 17.0 Å². The SMILES string of the molecule is CCOC(=O)C1=C(C)N=c2s/c(=C\c3cc(Br)c(OCc4ccc(Cl)cc4)c([N+](=O)[O-])c3)c(=O)n2[C@H]1c1ccc(C)cc1. The van der Waals surface area contributed by atoms with E-state index >= 15 is 0 Å². The fourth-order valence-corrected chi connectivity index (χ4v) is 6.46. The van der Waals surface area contributed by atoms with Gasteiger partial charge in [-0.2, -0.15) is 0 Å². The molecule has 0 radical (unpaired) electrons. The molecule has 5 rings (SSSR count). The smallest absolute Gasteiger partial charge is 0.338 e. The minimum Gasteiger partial charge on any atom is -0.481 e. The minimum atomic E-state index is -0.747. The zero-order valence-corrected chi connectivity index (χ0v) is 26.5. The highest BCUT2D eigenvalue weighted by Gasteiger charge is 2.33. The average Bonchev–Trinajstić information content (AvgIpc) is 3.26. The predicted octanol–water partition coefficient (Wildman–Crippen LogP) is 6.01. The number of fused-ring (bicyclic) bond motifs is 1. The Morgan fingerprint density at radius 2 is 1.86 bits per heavy atom. The van der Waals surface area contributed by atoms with E-state index in [1.54, 1.807) is 50.3 Å². The molecule has 0 bridgehead atoms. The lowest BCUT2D eigenvalue weighted by Crippen LogP contribution is -2.39. The molecule has 1 atom stereocenters. The first-order valence-corrected chi connectivity index (χ1v) is 15.2. The number of benzene rings is 3. The molecule has 0 fully saturated rings. The van der Waals surface area contributed by atoms with Crippen LogP contribution in [0.3, 0.4) is 0 Å². The van der Waals surface area contributed by atoms with Gasteiger partial charge in [0.05, 0.1) is 37.8 Å². The van der Waals surface area contributed by atoms with Gasteiger partial charge >= 0.3 is 11.7 Å².